The van der Waals surface area contributed by atoms with E-state index in [1.807, 2.05) is 32.0 Å². The number of imide groups is 2. The molecule has 3 aromatic carbocycles. The molecule has 1 heterocycles. The largest absolute Gasteiger partial charge is 0.335 e. The highest BCUT2D eigenvalue weighted by Gasteiger charge is 2.37. The second kappa shape index (κ2) is 8.59. The summed E-state index contributed by atoms with van der Waals surface area (Å²) in [6.45, 7) is 3.70. The summed E-state index contributed by atoms with van der Waals surface area (Å²) in [6.07, 6.45) is 1.88. The van der Waals surface area contributed by atoms with E-state index in [1.165, 1.54) is 12.1 Å². The van der Waals surface area contributed by atoms with Gasteiger partial charge < -0.3 is 0 Å². The Kier molecular flexibility index (Phi) is 5.69. The van der Waals surface area contributed by atoms with Crippen molar-refractivity contribution >= 4 is 29.6 Å². The molecule has 1 N–H and O–H groups in total. The van der Waals surface area contributed by atoms with Crippen LogP contribution in [0.1, 0.15) is 27.8 Å². The van der Waals surface area contributed by atoms with Crippen LogP contribution in [0.5, 0.6) is 0 Å². The molecule has 0 atom stereocenters. The number of nitrogens with one attached hydrogen (secondary N) is 1. The van der Waals surface area contributed by atoms with Gasteiger partial charge in [0.25, 0.3) is 11.8 Å². The van der Waals surface area contributed by atoms with E-state index in [1.54, 1.807) is 42.5 Å². The van der Waals surface area contributed by atoms with Gasteiger partial charge in [0, 0.05) is 6.42 Å². The van der Waals surface area contributed by atoms with Crippen LogP contribution in [0.25, 0.3) is 6.08 Å². The third-order valence-electron chi connectivity index (χ3n) is 5.56. The summed E-state index contributed by atoms with van der Waals surface area (Å²) in [5.74, 6) is -1.68. The first kappa shape index (κ1) is 21.2. The fourth-order valence-electron chi connectivity index (χ4n) is 3.61. The first-order chi connectivity index (χ1) is 15.3. The number of hydrogen-bond acceptors (Lipinski definition) is 3. The quantitative estimate of drug-likeness (QED) is 0.484. The van der Waals surface area contributed by atoms with Crippen LogP contribution in [0.4, 0.5) is 14.9 Å². The van der Waals surface area contributed by atoms with E-state index < -0.39 is 17.8 Å². The molecule has 1 aliphatic heterocycles. The van der Waals surface area contributed by atoms with Crippen LogP contribution >= 0.6 is 0 Å². The summed E-state index contributed by atoms with van der Waals surface area (Å²) < 4.78 is 13.9. The van der Waals surface area contributed by atoms with Crippen molar-refractivity contribution in [3.8, 4) is 0 Å². The fourth-order valence-corrected chi connectivity index (χ4v) is 3.61. The number of carbonyl (C=O) groups is 3. The van der Waals surface area contributed by atoms with E-state index in [2.05, 4.69) is 5.32 Å². The molecule has 4 amide bonds. The van der Waals surface area contributed by atoms with Gasteiger partial charge in [0.05, 0.1) is 5.69 Å². The van der Waals surface area contributed by atoms with Crippen LogP contribution < -0.4 is 10.2 Å². The number of nitrogens with zero attached hydrogens (tertiary/aromatic N) is 1. The van der Waals surface area contributed by atoms with Crippen molar-refractivity contribution in [1.29, 1.82) is 0 Å². The molecule has 160 valence electrons. The molecule has 32 heavy (non-hydrogen) atoms. The molecule has 0 radical (unpaired) electrons. The standard InChI is InChI=1S/C26H21FN2O3/c1-16-6-5-9-23(17(16)2)29-25(31)21(24(30)28-26(29)32)15-19-12-10-18(11-13-19)14-20-7-3-4-8-22(20)27/h3-13,15H,14H2,1-2H3,(H,28,30,32)/b21-15+. The summed E-state index contributed by atoms with van der Waals surface area (Å²) in [5.41, 5.74) is 4.11. The van der Waals surface area contributed by atoms with Crippen LogP contribution in [0.15, 0.2) is 72.3 Å². The van der Waals surface area contributed by atoms with Gasteiger partial charge in [-0.3, -0.25) is 14.9 Å². The van der Waals surface area contributed by atoms with Gasteiger partial charge in [0.1, 0.15) is 11.4 Å². The lowest BCUT2D eigenvalue weighted by molar-refractivity contribution is -0.122. The highest BCUT2D eigenvalue weighted by molar-refractivity contribution is 6.39. The minimum atomic E-state index is -0.772. The van der Waals surface area contributed by atoms with Crippen LogP contribution in [0, 0.1) is 19.7 Å². The minimum Gasteiger partial charge on any atom is -0.273 e. The lowest BCUT2D eigenvalue weighted by Gasteiger charge is -2.28. The summed E-state index contributed by atoms with van der Waals surface area (Å²) >= 11 is 0. The van der Waals surface area contributed by atoms with E-state index in [9.17, 15) is 18.8 Å². The van der Waals surface area contributed by atoms with Crippen molar-refractivity contribution in [3.63, 3.8) is 0 Å². The molecule has 4 rings (SSSR count). The third-order valence-corrected chi connectivity index (χ3v) is 5.56. The number of carbonyl (C=O) groups excluding carboxylic acids is 3. The summed E-state index contributed by atoms with van der Waals surface area (Å²) in [6, 6.07) is 18.3. The average Bonchev–Trinajstić information content (AvgIpc) is 2.77. The Morgan fingerprint density at radius 3 is 2.34 bits per heavy atom. The Balaban J connectivity index is 1.62. The Bertz CT molecular complexity index is 1260. The predicted octanol–water partition coefficient (Wildman–Crippen LogP) is 4.70. The molecule has 1 saturated heterocycles. The van der Waals surface area contributed by atoms with Gasteiger partial charge in [-0.2, -0.15) is 0 Å². The lowest BCUT2D eigenvalue weighted by atomic mass is 10.0. The van der Waals surface area contributed by atoms with Crippen molar-refractivity contribution < 1.29 is 18.8 Å². The molecule has 0 aromatic heterocycles. The van der Waals surface area contributed by atoms with Crippen LogP contribution in [-0.4, -0.2) is 17.8 Å². The fraction of sp³-hybridized carbons (Fsp3) is 0.115. The number of halogens is 1. The monoisotopic (exact) mass is 428 g/mol. The van der Waals surface area contributed by atoms with Gasteiger partial charge in [-0.25, -0.2) is 14.1 Å². The molecular formula is C26H21FN2O3. The van der Waals surface area contributed by atoms with E-state index in [0.29, 0.717) is 23.2 Å². The van der Waals surface area contributed by atoms with Crippen molar-refractivity contribution in [2.24, 2.45) is 0 Å². The number of barbiturate groups is 1. The number of urea groups is 1. The summed E-state index contributed by atoms with van der Waals surface area (Å²) in [5, 5.41) is 2.24. The SMILES string of the molecule is Cc1cccc(N2C(=O)NC(=O)/C(=C\c3ccc(Cc4ccccc4F)cc3)C2=O)c1C. The summed E-state index contributed by atoms with van der Waals surface area (Å²) in [7, 11) is 0. The highest BCUT2D eigenvalue weighted by atomic mass is 19.1. The number of anilines is 1. The predicted molar refractivity (Wildman–Crippen MR) is 121 cm³/mol. The number of benzene rings is 3. The van der Waals surface area contributed by atoms with Gasteiger partial charge in [0.15, 0.2) is 0 Å². The average molecular weight is 428 g/mol. The number of aryl methyl sites for hydroxylation is 1. The Labute approximate surface area is 185 Å². The zero-order valence-corrected chi connectivity index (χ0v) is 17.7. The number of hydrogen-bond donors (Lipinski definition) is 1. The molecule has 6 heteroatoms. The third kappa shape index (κ3) is 4.07. The van der Waals surface area contributed by atoms with Gasteiger partial charge >= 0.3 is 6.03 Å². The molecule has 1 fully saturated rings. The van der Waals surface area contributed by atoms with Crippen molar-refractivity contribution in [3.05, 3.63) is 106 Å². The van der Waals surface area contributed by atoms with Gasteiger partial charge in [-0.05, 0) is 59.9 Å². The second-order valence-corrected chi connectivity index (χ2v) is 7.69. The lowest BCUT2D eigenvalue weighted by Crippen LogP contribution is -2.54. The Hall–Kier alpha value is -4.06. The zero-order valence-electron chi connectivity index (χ0n) is 17.7. The smallest absolute Gasteiger partial charge is 0.273 e. The first-order valence-corrected chi connectivity index (χ1v) is 10.1. The van der Waals surface area contributed by atoms with Gasteiger partial charge in [-0.1, -0.05) is 54.6 Å². The van der Waals surface area contributed by atoms with Crippen LogP contribution in [-0.2, 0) is 16.0 Å². The van der Waals surface area contributed by atoms with E-state index in [4.69, 9.17) is 0 Å². The normalized spacial score (nSPS) is 15.3. The molecule has 1 aliphatic rings. The van der Waals surface area contributed by atoms with Crippen LogP contribution in [0.2, 0.25) is 0 Å². The van der Waals surface area contributed by atoms with E-state index in [0.717, 1.165) is 21.6 Å². The molecule has 3 aromatic rings. The van der Waals surface area contributed by atoms with Crippen molar-refractivity contribution in [2.75, 3.05) is 4.90 Å². The van der Waals surface area contributed by atoms with Gasteiger partial charge in [-0.15, -0.1) is 0 Å². The maximum atomic E-state index is 13.9. The second-order valence-electron chi connectivity index (χ2n) is 7.69. The number of rotatable bonds is 4. The van der Waals surface area contributed by atoms with Crippen molar-refractivity contribution in [1.82, 2.24) is 5.32 Å². The maximum Gasteiger partial charge on any atom is 0.335 e. The Morgan fingerprint density at radius 2 is 1.62 bits per heavy atom. The van der Waals surface area contributed by atoms with Crippen molar-refractivity contribution in [2.45, 2.75) is 20.3 Å². The molecule has 0 aliphatic carbocycles. The first-order valence-electron chi connectivity index (χ1n) is 10.1. The highest BCUT2D eigenvalue weighted by Crippen LogP contribution is 2.27. The number of amides is 4. The van der Waals surface area contributed by atoms with Crippen LogP contribution in [0.3, 0.4) is 0 Å². The molecule has 0 bridgehead atoms. The molecule has 0 saturated carbocycles. The summed E-state index contributed by atoms with van der Waals surface area (Å²) in [4.78, 5) is 38.9. The molecular weight excluding hydrogens is 407 g/mol. The maximum absolute atomic E-state index is 13.9. The van der Waals surface area contributed by atoms with E-state index in [-0.39, 0.29) is 11.4 Å². The molecule has 0 spiro atoms. The molecule has 0 unspecified atom stereocenters. The van der Waals surface area contributed by atoms with Gasteiger partial charge in [0.2, 0.25) is 0 Å². The molecule has 5 nitrogen and oxygen atoms in total. The zero-order chi connectivity index (χ0) is 22.8. The Morgan fingerprint density at radius 1 is 0.906 bits per heavy atom. The van der Waals surface area contributed by atoms with E-state index >= 15 is 0 Å². The minimum absolute atomic E-state index is 0.132. The topological polar surface area (TPSA) is 66.5 Å².